The SMILES string of the molecule is Cc1ccc(CN(C(=O)C2CC2)c2ccc(CC(=O)NC(C)c3ccccc3)cc2)cc1. The molecule has 1 N–H and O–H groups in total. The Hall–Kier alpha value is -3.40. The first-order chi connectivity index (χ1) is 15.5. The van der Waals surface area contributed by atoms with Crippen molar-refractivity contribution in [1.82, 2.24) is 5.32 Å². The topological polar surface area (TPSA) is 49.4 Å². The molecule has 0 radical (unpaired) electrons. The van der Waals surface area contributed by atoms with E-state index in [9.17, 15) is 9.59 Å². The van der Waals surface area contributed by atoms with Crippen molar-refractivity contribution >= 4 is 17.5 Å². The minimum absolute atomic E-state index is 0.0142. The van der Waals surface area contributed by atoms with Crippen LogP contribution in [-0.4, -0.2) is 11.8 Å². The smallest absolute Gasteiger partial charge is 0.230 e. The number of hydrogen-bond donors (Lipinski definition) is 1. The zero-order valence-corrected chi connectivity index (χ0v) is 18.8. The number of nitrogens with one attached hydrogen (secondary N) is 1. The molecule has 1 fully saturated rings. The predicted octanol–water partition coefficient (Wildman–Crippen LogP) is 5.36. The highest BCUT2D eigenvalue weighted by molar-refractivity contribution is 5.96. The molecule has 0 bridgehead atoms. The van der Waals surface area contributed by atoms with Gasteiger partial charge in [-0.15, -0.1) is 0 Å². The van der Waals surface area contributed by atoms with E-state index < -0.39 is 0 Å². The fraction of sp³-hybridized carbons (Fsp3) is 0.286. The summed E-state index contributed by atoms with van der Waals surface area (Å²) < 4.78 is 0. The van der Waals surface area contributed by atoms with Crippen molar-refractivity contribution in [3.05, 3.63) is 101 Å². The second kappa shape index (κ2) is 9.82. The summed E-state index contributed by atoms with van der Waals surface area (Å²) in [7, 11) is 0. The van der Waals surface area contributed by atoms with Crippen LogP contribution in [-0.2, 0) is 22.6 Å². The Morgan fingerprint density at radius 1 is 0.906 bits per heavy atom. The standard InChI is InChI=1S/C28H30N2O2/c1-20-8-10-23(11-9-20)19-30(28(32)25-14-15-25)26-16-12-22(13-17-26)18-27(31)29-21(2)24-6-4-3-5-7-24/h3-13,16-17,21,25H,14-15,18-19H2,1-2H3,(H,29,31). The molecule has 0 aliphatic heterocycles. The van der Waals surface area contributed by atoms with Gasteiger partial charge in [-0.3, -0.25) is 9.59 Å². The third kappa shape index (κ3) is 5.64. The van der Waals surface area contributed by atoms with E-state index in [1.165, 1.54) is 5.56 Å². The summed E-state index contributed by atoms with van der Waals surface area (Å²) in [5.41, 5.74) is 5.22. The number of benzene rings is 3. The van der Waals surface area contributed by atoms with Crippen molar-refractivity contribution in [3.8, 4) is 0 Å². The Labute approximate surface area is 190 Å². The maximum atomic E-state index is 13.0. The molecular formula is C28H30N2O2. The Morgan fingerprint density at radius 3 is 2.16 bits per heavy atom. The molecule has 0 saturated heterocycles. The van der Waals surface area contributed by atoms with Gasteiger partial charge in [0.1, 0.15) is 0 Å². The van der Waals surface area contributed by atoms with Gasteiger partial charge in [0.2, 0.25) is 11.8 Å². The summed E-state index contributed by atoms with van der Waals surface area (Å²) in [6.45, 7) is 4.61. The molecule has 0 heterocycles. The van der Waals surface area contributed by atoms with Crippen LogP contribution >= 0.6 is 0 Å². The number of nitrogens with zero attached hydrogens (tertiary/aromatic N) is 1. The third-order valence-corrected chi connectivity index (χ3v) is 5.94. The highest BCUT2D eigenvalue weighted by atomic mass is 16.2. The van der Waals surface area contributed by atoms with Gasteiger partial charge in [-0.1, -0.05) is 72.3 Å². The van der Waals surface area contributed by atoms with Crippen LogP contribution in [0.15, 0.2) is 78.9 Å². The average molecular weight is 427 g/mol. The average Bonchev–Trinajstić information content (AvgIpc) is 3.65. The maximum Gasteiger partial charge on any atom is 0.230 e. The molecular weight excluding hydrogens is 396 g/mol. The van der Waals surface area contributed by atoms with E-state index in [0.29, 0.717) is 13.0 Å². The van der Waals surface area contributed by atoms with Gasteiger partial charge in [0.25, 0.3) is 0 Å². The maximum absolute atomic E-state index is 13.0. The number of rotatable bonds is 8. The van der Waals surface area contributed by atoms with Crippen LogP contribution in [0.5, 0.6) is 0 Å². The molecule has 1 atom stereocenters. The summed E-state index contributed by atoms with van der Waals surface area (Å²) in [5.74, 6) is 0.317. The van der Waals surface area contributed by atoms with Crippen molar-refractivity contribution in [2.75, 3.05) is 4.90 Å². The van der Waals surface area contributed by atoms with Crippen molar-refractivity contribution in [3.63, 3.8) is 0 Å². The lowest BCUT2D eigenvalue weighted by Gasteiger charge is -2.23. The third-order valence-electron chi connectivity index (χ3n) is 5.94. The molecule has 4 rings (SSSR count). The molecule has 1 saturated carbocycles. The van der Waals surface area contributed by atoms with Crippen LogP contribution in [0.4, 0.5) is 5.69 Å². The molecule has 4 heteroatoms. The molecule has 3 aromatic carbocycles. The Morgan fingerprint density at radius 2 is 1.53 bits per heavy atom. The van der Waals surface area contributed by atoms with Gasteiger partial charge in [-0.05, 0) is 55.5 Å². The lowest BCUT2D eigenvalue weighted by Crippen LogP contribution is -2.31. The Kier molecular flexibility index (Phi) is 6.69. The largest absolute Gasteiger partial charge is 0.349 e. The number of hydrogen-bond acceptors (Lipinski definition) is 2. The quantitative estimate of drug-likeness (QED) is 0.527. The van der Waals surface area contributed by atoms with Crippen LogP contribution in [0.25, 0.3) is 0 Å². The number of carbonyl (C=O) groups is 2. The Balaban J connectivity index is 1.42. The van der Waals surface area contributed by atoms with Crippen LogP contribution < -0.4 is 10.2 Å². The zero-order chi connectivity index (χ0) is 22.5. The van der Waals surface area contributed by atoms with E-state index in [-0.39, 0.29) is 23.8 Å². The number of carbonyl (C=O) groups excluding carboxylic acids is 2. The van der Waals surface area contributed by atoms with Crippen molar-refractivity contribution in [1.29, 1.82) is 0 Å². The molecule has 3 aromatic rings. The van der Waals surface area contributed by atoms with E-state index in [0.717, 1.165) is 35.2 Å². The van der Waals surface area contributed by atoms with Gasteiger partial charge >= 0.3 is 0 Å². The van der Waals surface area contributed by atoms with Crippen molar-refractivity contribution in [2.24, 2.45) is 5.92 Å². The molecule has 1 aliphatic rings. The number of anilines is 1. The van der Waals surface area contributed by atoms with E-state index in [1.54, 1.807) is 0 Å². The Bertz CT molecular complexity index is 1050. The van der Waals surface area contributed by atoms with E-state index in [2.05, 4.69) is 36.5 Å². The van der Waals surface area contributed by atoms with Gasteiger partial charge in [-0.2, -0.15) is 0 Å². The highest BCUT2D eigenvalue weighted by Crippen LogP contribution is 2.33. The molecule has 1 aliphatic carbocycles. The summed E-state index contributed by atoms with van der Waals surface area (Å²) >= 11 is 0. The summed E-state index contributed by atoms with van der Waals surface area (Å²) in [6, 6.07) is 26.0. The van der Waals surface area contributed by atoms with Crippen LogP contribution in [0.3, 0.4) is 0 Å². The van der Waals surface area contributed by atoms with Crippen molar-refractivity contribution in [2.45, 2.75) is 45.7 Å². The summed E-state index contributed by atoms with van der Waals surface area (Å²) in [5, 5.41) is 3.06. The number of aryl methyl sites for hydroxylation is 1. The van der Waals surface area contributed by atoms with Gasteiger partial charge in [0.05, 0.1) is 19.0 Å². The minimum atomic E-state index is -0.0378. The monoisotopic (exact) mass is 426 g/mol. The van der Waals surface area contributed by atoms with Crippen LogP contribution in [0, 0.1) is 12.8 Å². The van der Waals surface area contributed by atoms with E-state index in [4.69, 9.17) is 0 Å². The molecule has 2 amide bonds. The first-order valence-corrected chi connectivity index (χ1v) is 11.3. The van der Waals surface area contributed by atoms with Crippen LogP contribution in [0.2, 0.25) is 0 Å². The minimum Gasteiger partial charge on any atom is -0.349 e. The fourth-order valence-corrected chi connectivity index (χ4v) is 3.82. The first-order valence-electron chi connectivity index (χ1n) is 11.3. The lowest BCUT2D eigenvalue weighted by molar-refractivity contribution is -0.121. The second-order valence-electron chi connectivity index (χ2n) is 8.73. The lowest BCUT2D eigenvalue weighted by atomic mass is 10.1. The number of amides is 2. The molecule has 32 heavy (non-hydrogen) atoms. The first kappa shape index (κ1) is 21.8. The van der Waals surface area contributed by atoms with E-state index in [1.807, 2.05) is 66.4 Å². The van der Waals surface area contributed by atoms with Gasteiger partial charge < -0.3 is 10.2 Å². The molecule has 0 spiro atoms. The molecule has 1 unspecified atom stereocenters. The normalized spacial score (nSPS) is 13.9. The van der Waals surface area contributed by atoms with Crippen LogP contribution in [0.1, 0.15) is 48.1 Å². The predicted molar refractivity (Wildman–Crippen MR) is 128 cm³/mol. The highest BCUT2D eigenvalue weighted by Gasteiger charge is 2.34. The summed E-state index contributed by atoms with van der Waals surface area (Å²) in [4.78, 5) is 27.4. The van der Waals surface area contributed by atoms with Gasteiger partial charge in [-0.25, -0.2) is 0 Å². The summed E-state index contributed by atoms with van der Waals surface area (Å²) in [6.07, 6.45) is 2.26. The fourth-order valence-electron chi connectivity index (χ4n) is 3.82. The van der Waals surface area contributed by atoms with Gasteiger partial charge in [0.15, 0.2) is 0 Å². The zero-order valence-electron chi connectivity index (χ0n) is 18.8. The van der Waals surface area contributed by atoms with Gasteiger partial charge in [0, 0.05) is 11.6 Å². The molecule has 0 aromatic heterocycles. The van der Waals surface area contributed by atoms with Crippen molar-refractivity contribution < 1.29 is 9.59 Å². The van der Waals surface area contributed by atoms with E-state index >= 15 is 0 Å². The molecule has 4 nitrogen and oxygen atoms in total. The second-order valence-corrected chi connectivity index (χ2v) is 8.73. The molecule has 164 valence electrons.